The molecular weight excluding hydrogens is 386 g/mol. The van der Waals surface area contributed by atoms with E-state index in [1.54, 1.807) is 0 Å². The Morgan fingerprint density at radius 2 is 1.29 bits per heavy atom. The van der Waals surface area contributed by atoms with Gasteiger partial charge in [-0.15, -0.1) is 0 Å². The first-order valence-corrected chi connectivity index (χ1v) is 11.7. The summed E-state index contributed by atoms with van der Waals surface area (Å²) in [4.78, 5) is 19.3. The van der Waals surface area contributed by atoms with E-state index in [1.807, 2.05) is 12.1 Å². The highest BCUT2D eigenvalue weighted by atomic mass is 16.5. The second-order valence-electron chi connectivity index (χ2n) is 8.63. The first kappa shape index (κ1) is 22.0. The second kappa shape index (κ2) is 11.4. The maximum atomic E-state index is 12.5. The van der Waals surface area contributed by atoms with Crippen LogP contribution >= 0.6 is 0 Å². The lowest BCUT2D eigenvalue weighted by atomic mass is 10.0. The van der Waals surface area contributed by atoms with Gasteiger partial charge in [-0.2, -0.15) is 0 Å². The number of rotatable bonds is 8. The van der Waals surface area contributed by atoms with Crippen LogP contribution in [0.15, 0.2) is 60.7 Å². The molecule has 2 aliphatic heterocycles. The summed E-state index contributed by atoms with van der Waals surface area (Å²) >= 11 is 0. The van der Waals surface area contributed by atoms with E-state index in [0.717, 1.165) is 58.7 Å². The lowest BCUT2D eigenvalue weighted by molar-refractivity contribution is -0.133. The zero-order valence-electron chi connectivity index (χ0n) is 18.5. The summed E-state index contributed by atoms with van der Waals surface area (Å²) < 4.78 is 6.37. The lowest BCUT2D eigenvalue weighted by Crippen LogP contribution is -2.51. The monoisotopic (exact) mass is 421 g/mol. The molecule has 2 fully saturated rings. The minimum Gasteiger partial charge on any atom is -0.367 e. The first-order chi connectivity index (χ1) is 15.3. The van der Waals surface area contributed by atoms with Crippen molar-refractivity contribution in [1.82, 2.24) is 14.7 Å². The zero-order chi connectivity index (χ0) is 21.3. The average molecular weight is 422 g/mol. The smallest absolute Gasteiger partial charge is 0.236 e. The normalized spacial score (nSPS) is 18.4. The highest BCUT2D eigenvalue weighted by Crippen LogP contribution is 2.25. The largest absolute Gasteiger partial charge is 0.367 e. The highest BCUT2D eigenvalue weighted by molar-refractivity contribution is 5.78. The van der Waals surface area contributed by atoms with Crippen LogP contribution in [0.25, 0.3) is 0 Å². The number of ether oxygens (including phenoxy) is 1. The number of hydrogen-bond acceptors (Lipinski definition) is 4. The Balaban J connectivity index is 1.22. The number of carbonyl (C=O) groups is 1. The molecule has 166 valence electrons. The van der Waals surface area contributed by atoms with Crippen LogP contribution < -0.4 is 0 Å². The third-order valence-electron chi connectivity index (χ3n) is 6.43. The van der Waals surface area contributed by atoms with E-state index in [9.17, 15) is 4.79 Å². The van der Waals surface area contributed by atoms with Crippen LogP contribution in [0.2, 0.25) is 0 Å². The van der Waals surface area contributed by atoms with Gasteiger partial charge in [-0.1, -0.05) is 60.7 Å². The molecule has 2 heterocycles. The van der Waals surface area contributed by atoms with Crippen molar-refractivity contribution in [3.8, 4) is 0 Å². The van der Waals surface area contributed by atoms with Crippen LogP contribution in [0.4, 0.5) is 0 Å². The van der Waals surface area contributed by atoms with Crippen LogP contribution in [0, 0.1) is 0 Å². The number of likely N-dealkylation sites (tertiary alicyclic amines) is 1. The molecule has 0 saturated carbocycles. The van der Waals surface area contributed by atoms with Crippen LogP contribution in [-0.2, 0) is 9.53 Å². The maximum Gasteiger partial charge on any atom is 0.236 e. The fraction of sp³-hybridized carbons (Fsp3) is 0.500. The SMILES string of the molecule is O=C(CN1CCN(CCOC(c2ccccc2)c2ccccc2)CC1)N1CCCCC1. The summed E-state index contributed by atoms with van der Waals surface area (Å²) in [7, 11) is 0. The first-order valence-electron chi connectivity index (χ1n) is 11.7. The highest BCUT2D eigenvalue weighted by Gasteiger charge is 2.23. The molecule has 0 spiro atoms. The molecule has 2 saturated heterocycles. The van der Waals surface area contributed by atoms with Crippen molar-refractivity contribution in [3.63, 3.8) is 0 Å². The number of amides is 1. The predicted molar refractivity (Wildman–Crippen MR) is 124 cm³/mol. The molecule has 0 radical (unpaired) electrons. The van der Waals surface area contributed by atoms with E-state index in [4.69, 9.17) is 4.74 Å². The van der Waals surface area contributed by atoms with E-state index in [-0.39, 0.29) is 6.10 Å². The van der Waals surface area contributed by atoms with E-state index in [1.165, 1.54) is 17.5 Å². The Hall–Kier alpha value is -2.21. The molecule has 2 aromatic rings. The Kier molecular flexibility index (Phi) is 8.11. The minimum absolute atomic E-state index is 0.0362. The van der Waals surface area contributed by atoms with Crippen LogP contribution in [-0.4, -0.2) is 79.6 Å². The Morgan fingerprint density at radius 3 is 1.87 bits per heavy atom. The van der Waals surface area contributed by atoms with Gasteiger partial charge in [0.1, 0.15) is 6.10 Å². The Morgan fingerprint density at radius 1 is 0.742 bits per heavy atom. The number of carbonyl (C=O) groups excluding carboxylic acids is 1. The van der Waals surface area contributed by atoms with Gasteiger partial charge in [0, 0.05) is 45.8 Å². The molecule has 0 atom stereocenters. The zero-order valence-corrected chi connectivity index (χ0v) is 18.5. The summed E-state index contributed by atoms with van der Waals surface area (Å²) in [6, 6.07) is 20.9. The molecule has 1 amide bonds. The standard InChI is InChI=1S/C26H35N3O2/c30-25(29-14-8-3-9-15-29)22-28-18-16-27(17-19-28)20-21-31-26(23-10-4-1-5-11-23)24-12-6-2-7-13-24/h1-2,4-7,10-13,26H,3,8-9,14-22H2. The lowest BCUT2D eigenvalue weighted by Gasteiger charge is -2.36. The summed E-state index contributed by atoms with van der Waals surface area (Å²) in [6.07, 6.45) is 3.55. The molecule has 4 rings (SSSR count). The van der Waals surface area contributed by atoms with Crippen LogP contribution in [0.5, 0.6) is 0 Å². The minimum atomic E-state index is -0.0362. The Bertz CT molecular complexity index is 745. The van der Waals surface area contributed by atoms with E-state index < -0.39 is 0 Å². The molecule has 2 aliphatic rings. The van der Waals surface area contributed by atoms with Crippen molar-refractivity contribution in [2.75, 3.05) is 59.0 Å². The maximum absolute atomic E-state index is 12.5. The van der Waals surface area contributed by atoms with Gasteiger partial charge in [0.25, 0.3) is 0 Å². The van der Waals surface area contributed by atoms with Gasteiger partial charge in [0.05, 0.1) is 13.2 Å². The van der Waals surface area contributed by atoms with Gasteiger partial charge in [-0.05, 0) is 30.4 Å². The second-order valence-corrected chi connectivity index (χ2v) is 8.63. The van der Waals surface area contributed by atoms with E-state index in [2.05, 4.69) is 63.2 Å². The van der Waals surface area contributed by atoms with Gasteiger partial charge in [0.2, 0.25) is 5.91 Å². The molecule has 31 heavy (non-hydrogen) atoms. The van der Waals surface area contributed by atoms with E-state index >= 15 is 0 Å². The number of nitrogens with zero attached hydrogens (tertiary/aromatic N) is 3. The summed E-state index contributed by atoms with van der Waals surface area (Å²) in [6.45, 7) is 8.00. The molecule has 5 heteroatoms. The fourth-order valence-electron chi connectivity index (χ4n) is 4.55. The average Bonchev–Trinajstić information content (AvgIpc) is 2.84. The molecule has 5 nitrogen and oxygen atoms in total. The van der Waals surface area contributed by atoms with Crippen molar-refractivity contribution in [1.29, 1.82) is 0 Å². The van der Waals surface area contributed by atoms with Crippen LogP contribution in [0.3, 0.4) is 0 Å². The summed E-state index contributed by atoms with van der Waals surface area (Å²) in [5.74, 6) is 0.310. The van der Waals surface area contributed by atoms with Gasteiger partial charge >= 0.3 is 0 Å². The van der Waals surface area contributed by atoms with Gasteiger partial charge < -0.3 is 9.64 Å². The fourth-order valence-corrected chi connectivity index (χ4v) is 4.55. The van der Waals surface area contributed by atoms with Crippen molar-refractivity contribution >= 4 is 5.91 Å². The number of piperazine rings is 1. The van der Waals surface area contributed by atoms with Gasteiger partial charge in [-0.25, -0.2) is 0 Å². The van der Waals surface area contributed by atoms with Gasteiger partial charge in [0.15, 0.2) is 0 Å². The predicted octanol–water partition coefficient (Wildman–Crippen LogP) is 3.42. The molecule has 2 aromatic carbocycles. The molecule has 0 aliphatic carbocycles. The molecule has 0 bridgehead atoms. The third kappa shape index (κ3) is 6.39. The molecule has 0 unspecified atom stereocenters. The number of hydrogen-bond donors (Lipinski definition) is 0. The summed E-state index contributed by atoms with van der Waals surface area (Å²) in [5.41, 5.74) is 2.38. The van der Waals surface area contributed by atoms with Crippen molar-refractivity contribution in [3.05, 3.63) is 71.8 Å². The summed E-state index contributed by atoms with van der Waals surface area (Å²) in [5, 5.41) is 0. The van der Waals surface area contributed by atoms with Crippen molar-refractivity contribution in [2.45, 2.75) is 25.4 Å². The van der Waals surface area contributed by atoms with Crippen molar-refractivity contribution < 1.29 is 9.53 Å². The molecule has 0 aromatic heterocycles. The third-order valence-corrected chi connectivity index (χ3v) is 6.43. The topological polar surface area (TPSA) is 36.0 Å². The molecular formula is C26H35N3O2. The van der Waals surface area contributed by atoms with Gasteiger partial charge in [-0.3, -0.25) is 14.6 Å². The van der Waals surface area contributed by atoms with E-state index in [0.29, 0.717) is 19.1 Å². The quantitative estimate of drug-likeness (QED) is 0.654. The number of benzene rings is 2. The Labute approximate surface area is 186 Å². The van der Waals surface area contributed by atoms with Crippen LogP contribution in [0.1, 0.15) is 36.5 Å². The number of piperidine rings is 1. The molecule has 0 N–H and O–H groups in total. The van der Waals surface area contributed by atoms with Crippen molar-refractivity contribution in [2.24, 2.45) is 0 Å².